The second-order valence-corrected chi connectivity index (χ2v) is 3.00. The van der Waals surface area contributed by atoms with Gasteiger partial charge in [-0.05, 0) is 0 Å². The number of carbonyl (C=O) groups is 1. The van der Waals surface area contributed by atoms with Crippen molar-refractivity contribution in [3.05, 3.63) is 16.4 Å². The van der Waals surface area contributed by atoms with Crippen LogP contribution in [-0.2, 0) is 6.54 Å². The molecule has 0 saturated carbocycles. The number of nitrogens with zero attached hydrogens (tertiary/aromatic N) is 3. The van der Waals surface area contributed by atoms with Gasteiger partial charge in [0.05, 0.1) is 24.6 Å². The van der Waals surface area contributed by atoms with Gasteiger partial charge in [-0.3, -0.25) is 9.48 Å². The molecule has 1 rings (SSSR count). The predicted molar refractivity (Wildman–Crippen MR) is 47.8 cm³/mol. The number of rotatable bonds is 4. The molecular weight excluding hydrogens is 228 g/mol. The molecule has 0 aromatic carbocycles. The first-order chi connectivity index (χ1) is 7.11. The van der Waals surface area contributed by atoms with Crippen LogP contribution in [0.1, 0.15) is 28.9 Å². The maximum Gasteiger partial charge on any atom is 0.282 e. The lowest BCUT2D eigenvalue weighted by Crippen LogP contribution is -2.00. The van der Waals surface area contributed by atoms with Crippen LogP contribution >= 0.6 is 11.6 Å². The van der Waals surface area contributed by atoms with Gasteiger partial charge in [0.1, 0.15) is 10.8 Å². The third-order valence-electron chi connectivity index (χ3n) is 1.71. The SMILES string of the molecule is N#CCCn1nc(C(F)F)c(C=O)c1Cl. The van der Waals surface area contributed by atoms with Crippen molar-refractivity contribution >= 4 is 17.9 Å². The number of nitriles is 1. The molecule has 4 nitrogen and oxygen atoms in total. The fourth-order valence-electron chi connectivity index (χ4n) is 1.05. The van der Waals surface area contributed by atoms with E-state index in [1.54, 1.807) is 0 Å². The lowest BCUT2D eigenvalue weighted by atomic mass is 10.3. The first kappa shape index (κ1) is 11.6. The van der Waals surface area contributed by atoms with E-state index >= 15 is 0 Å². The monoisotopic (exact) mass is 233 g/mol. The predicted octanol–water partition coefficient (Wildman–Crippen LogP) is 2.20. The summed E-state index contributed by atoms with van der Waals surface area (Å²) in [7, 11) is 0. The molecule has 0 N–H and O–H groups in total. The molecule has 0 bridgehead atoms. The van der Waals surface area contributed by atoms with E-state index in [1.165, 1.54) is 0 Å². The van der Waals surface area contributed by atoms with Crippen molar-refractivity contribution < 1.29 is 13.6 Å². The van der Waals surface area contributed by atoms with Crippen LogP contribution in [0.15, 0.2) is 0 Å². The van der Waals surface area contributed by atoms with E-state index in [9.17, 15) is 13.6 Å². The zero-order chi connectivity index (χ0) is 11.4. The Morgan fingerprint density at radius 3 is 2.73 bits per heavy atom. The molecule has 0 radical (unpaired) electrons. The summed E-state index contributed by atoms with van der Waals surface area (Å²) in [6.07, 6.45) is -2.53. The van der Waals surface area contributed by atoms with Crippen LogP contribution in [0.4, 0.5) is 8.78 Å². The fraction of sp³-hybridized carbons (Fsp3) is 0.375. The van der Waals surface area contributed by atoms with Gasteiger partial charge in [0.15, 0.2) is 6.29 Å². The van der Waals surface area contributed by atoms with E-state index in [0.717, 1.165) is 4.68 Å². The molecule has 0 fully saturated rings. The Morgan fingerprint density at radius 2 is 2.33 bits per heavy atom. The highest BCUT2D eigenvalue weighted by atomic mass is 35.5. The lowest BCUT2D eigenvalue weighted by Gasteiger charge is -1.97. The van der Waals surface area contributed by atoms with Crippen molar-refractivity contribution in [1.29, 1.82) is 5.26 Å². The first-order valence-corrected chi connectivity index (χ1v) is 4.36. The number of aromatic nitrogens is 2. The summed E-state index contributed by atoms with van der Waals surface area (Å²) in [6, 6.07) is 1.82. The molecule has 0 amide bonds. The number of hydrogen-bond acceptors (Lipinski definition) is 3. The minimum Gasteiger partial charge on any atom is -0.298 e. The molecule has 0 aliphatic heterocycles. The Hall–Kier alpha value is -1.48. The molecule has 0 saturated heterocycles. The Kier molecular flexibility index (Phi) is 3.74. The number of alkyl halides is 2. The van der Waals surface area contributed by atoms with Gasteiger partial charge in [0.25, 0.3) is 6.43 Å². The van der Waals surface area contributed by atoms with E-state index < -0.39 is 12.1 Å². The third-order valence-corrected chi connectivity index (χ3v) is 2.11. The minimum absolute atomic E-state index is 0.0857. The van der Waals surface area contributed by atoms with E-state index in [2.05, 4.69) is 5.10 Å². The Bertz CT molecular complexity index is 411. The smallest absolute Gasteiger partial charge is 0.282 e. The summed E-state index contributed by atoms with van der Waals surface area (Å²) in [5.41, 5.74) is -0.961. The maximum absolute atomic E-state index is 12.4. The van der Waals surface area contributed by atoms with Crippen molar-refractivity contribution in [2.75, 3.05) is 0 Å². The van der Waals surface area contributed by atoms with Gasteiger partial charge in [-0.1, -0.05) is 11.6 Å². The number of aryl methyl sites for hydroxylation is 1. The largest absolute Gasteiger partial charge is 0.298 e. The summed E-state index contributed by atoms with van der Waals surface area (Å²) in [5, 5.41) is 11.6. The van der Waals surface area contributed by atoms with Gasteiger partial charge in [-0.2, -0.15) is 10.4 Å². The van der Waals surface area contributed by atoms with Crippen LogP contribution in [0.2, 0.25) is 5.15 Å². The average molecular weight is 234 g/mol. The van der Waals surface area contributed by atoms with Crippen LogP contribution in [-0.4, -0.2) is 16.1 Å². The second-order valence-electron chi connectivity index (χ2n) is 2.64. The summed E-state index contributed by atoms with van der Waals surface area (Å²) < 4.78 is 25.8. The summed E-state index contributed by atoms with van der Waals surface area (Å²) >= 11 is 5.64. The van der Waals surface area contributed by atoms with E-state index in [1.807, 2.05) is 6.07 Å². The van der Waals surface area contributed by atoms with Gasteiger partial charge >= 0.3 is 0 Å². The Morgan fingerprint density at radius 1 is 1.67 bits per heavy atom. The highest BCUT2D eigenvalue weighted by molar-refractivity contribution is 6.32. The van der Waals surface area contributed by atoms with Crippen molar-refractivity contribution in [2.45, 2.75) is 19.4 Å². The van der Waals surface area contributed by atoms with Gasteiger partial charge in [0.2, 0.25) is 0 Å². The number of aldehydes is 1. The van der Waals surface area contributed by atoms with Crippen molar-refractivity contribution in [2.24, 2.45) is 0 Å². The molecule has 0 atom stereocenters. The van der Waals surface area contributed by atoms with E-state index in [-0.39, 0.29) is 30.0 Å². The zero-order valence-corrected chi connectivity index (χ0v) is 8.21. The van der Waals surface area contributed by atoms with Crippen LogP contribution in [0.25, 0.3) is 0 Å². The number of halogens is 3. The summed E-state index contributed by atoms with van der Waals surface area (Å²) in [5.74, 6) is 0. The van der Waals surface area contributed by atoms with Crippen LogP contribution in [0.5, 0.6) is 0 Å². The second kappa shape index (κ2) is 4.84. The molecule has 80 valence electrons. The minimum atomic E-state index is -2.86. The highest BCUT2D eigenvalue weighted by Crippen LogP contribution is 2.26. The van der Waals surface area contributed by atoms with Crippen LogP contribution in [0.3, 0.4) is 0 Å². The average Bonchev–Trinajstić information content (AvgIpc) is 2.52. The molecule has 0 aliphatic carbocycles. The third kappa shape index (κ3) is 2.30. The van der Waals surface area contributed by atoms with Crippen molar-refractivity contribution in [3.8, 4) is 6.07 Å². The Labute approximate surface area is 89.1 Å². The molecule has 15 heavy (non-hydrogen) atoms. The van der Waals surface area contributed by atoms with Crippen molar-refractivity contribution in [1.82, 2.24) is 9.78 Å². The topological polar surface area (TPSA) is 58.7 Å². The van der Waals surface area contributed by atoms with Gasteiger partial charge in [0, 0.05) is 0 Å². The van der Waals surface area contributed by atoms with Gasteiger partial charge in [-0.25, -0.2) is 8.78 Å². The molecule has 7 heteroatoms. The Balaban J connectivity index is 3.10. The molecule has 1 aromatic heterocycles. The van der Waals surface area contributed by atoms with Crippen molar-refractivity contribution in [3.63, 3.8) is 0 Å². The zero-order valence-electron chi connectivity index (χ0n) is 7.45. The van der Waals surface area contributed by atoms with Gasteiger partial charge < -0.3 is 0 Å². The molecule has 0 aliphatic rings. The lowest BCUT2D eigenvalue weighted by molar-refractivity contribution is 0.110. The van der Waals surface area contributed by atoms with Crippen LogP contribution < -0.4 is 0 Å². The maximum atomic E-state index is 12.4. The first-order valence-electron chi connectivity index (χ1n) is 3.98. The summed E-state index contributed by atoms with van der Waals surface area (Å²) in [4.78, 5) is 10.5. The fourth-order valence-corrected chi connectivity index (χ4v) is 1.31. The molecule has 0 unspecified atom stereocenters. The quantitative estimate of drug-likeness (QED) is 0.749. The van der Waals surface area contributed by atoms with E-state index in [4.69, 9.17) is 16.9 Å². The highest BCUT2D eigenvalue weighted by Gasteiger charge is 2.22. The number of hydrogen-bond donors (Lipinski definition) is 0. The molecular formula is C8H6ClF2N3O. The molecule has 1 aromatic rings. The standard InChI is InChI=1S/C8H6ClF2N3O/c9-7-5(4-15)6(8(10)11)13-14(7)3-1-2-12/h4,8H,1,3H2. The van der Waals surface area contributed by atoms with Crippen LogP contribution in [0, 0.1) is 11.3 Å². The number of carbonyl (C=O) groups excluding carboxylic acids is 1. The summed E-state index contributed by atoms with van der Waals surface area (Å²) in [6.45, 7) is 0.0862. The molecule has 1 heterocycles. The van der Waals surface area contributed by atoms with E-state index in [0.29, 0.717) is 0 Å². The normalized spacial score (nSPS) is 10.3. The van der Waals surface area contributed by atoms with Gasteiger partial charge in [-0.15, -0.1) is 0 Å². The molecule has 0 spiro atoms.